The van der Waals surface area contributed by atoms with E-state index in [2.05, 4.69) is 5.32 Å². The number of Topliss-reactive ketones (excluding diaryl/α,β-unsaturated/α-hetero) is 1. The number of rotatable bonds is 5. The van der Waals surface area contributed by atoms with Gasteiger partial charge < -0.3 is 11.1 Å². The van der Waals surface area contributed by atoms with E-state index >= 15 is 0 Å². The Balaban J connectivity index is 2.51. The van der Waals surface area contributed by atoms with Gasteiger partial charge in [-0.25, -0.2) is 0 Å². The first kappa shape index (κ1) is 13.4. The lowest BCUT2D eigenvalue weighted by atomic mass is 10.1. The lowest BCUT2D eigenvalue weighted by molar-refractivity contribution is -0.116. The number of nitrogens with two attached hydrogens (primary N) is 1. The largest absolute Gasteiger partial charge is 0.328 e. The van der Waals surface area contributed by atoms with E-state index in [4.69, 9.17) is 5.73 Å². The van der Waals surface area contributed by atoms with Crippen molar-refractivity contribution in [1.29, 1.82) is 0 Å². The molecule has 0 saturated carbocycles. The van der Waals surface area contributed by atoms with Gasteiger partial charge in [-0.3, -0.25) is 9.59 Å². The molecule has 17 heavy (non-hydrogen) atoms. The fourth-order valence-corrected chi connectivity index (χ4v) is 1.37. The first-order valence-electron chi connectivity index (χ1n) is 5.65. The maximum Gasteiger partial charge on any atom is 0.224 e. The zero-order chi connectivity index (χ0) is 12.8. The molecule has 92 valence electrons. The van der Waals surface area contributed by atoms with Gasteiger partial charge in [0.05, 0.1) is 0 Å². The maximum absolute atomic E-state index is 11.5. The number of hydrogen-bond donors (Lipinski definition) is 2. The first-order valence-corrected chi connectivity index (χ1v) is 5.65. The standard InChI is InChI=1S/C13H18N2O2/c1-9(14)3-8-13(17)15-12-6-4-11(5-7-12)10(2)16/h4-7,9H,3,8,14H2,1-2H3,(H,15,17). The van der Waals surface area contributed by atoms with E-state index in [1.807, 2.05) is 6.92 Å². The SMILES string of the molecule is CC(=O)c1ccc(NC(=O)CCC(C)N)cc1. The fraction of sp³-hybridized carbons (Fsp3) is 0.385. The average Bonchev–Trinajstić information content (AvgIpc) is 2.27. The Kier molecular flexibility index (Phi) is 4.84. The second-order valence-electron chi connectivity index (χ2n) is 4.20. The summed E-state index contributed by atoms with van der Waals surface area (Å²) >= 11 is 0. The monoisotopic (exact) mass is 234 g/mol. The minimum atomic E-state index is -0.0575. The van der Waals surface area contributed by atoms with Crippen LogP contribution in [0.15, 0.2) is 24.3 Å². The van der Waals surface area contributed by atoms with Crippen LogP contribution >= 0.6 is 0 Å². The summed E-state index contributed by atoms with van der Waals surface area (Å²) in [6, 6.07) is 6.87. The van der Waals surface area contributed by atoms with Gasteiger partial charge in [0.25, 0.3) is 0 Å². The summed E-state index contributed by atoms with van der Waals surface area (Å²) in [7, 11) is 0. The van der Waals surface area contributed by atoms with Gasteiger partial charge in [0.2, 0.25) is 5.91 Å². The normalized spacial score (nSPS) is 11.9. The fourth-order valence-electron chi connectivity index (χ4n) is 1.37. The molecule has 0 radical (unpaired) electrons. The molecule has 1 aromatic carbocycles. The number of carbonyl (C=O) groups excluding carboxylic acids is 2. The zero-order valence-corrected chi connectivity index (χ0v) is 10.2. The lowest BCUT2D eigenvalue weighted by Gasteiger charge is -2.07. The highest BCUT2D eigenvalue weighted by molar-refractivity contribution is 5.95. The molecule has 0 aliphatic carbocycles. The van der Waals surface area contributed by atoms with Crippen molar-refractivity contribution in [3.63, 3.8) is 0 Å². The van der Waals surface area contributed by atoms with E-state index in [0.717, 1.165) is 0 Å². The molecular weight excluding hydrogens is 216 g/mol. The predicted molar refractivity (Wildman–Crippen MR) is 68.0 cm³/mol. The van der Waals surface area contributed by atoms with Crippen LogP contribution in [0.5, 0.6) is 0 Å². The molecule has 0 fully saturated rings. The molecule has 0 bridgehead atoms. The van der Waals surface area contributed by atoms with E-state index in [1.54, 1.807) is 24.3 Å². The lowest BCUT2D eigenvalue weighted by Crippen LogP contribution is -2.19. The topological polar surface area (TPSA) is 72.2 Å². The Morgan fingerprint density at radius 1 is 1.29 bits per heavy atom. The van der Waals surface area contributed by atoms with Gasteiger partial charge in [-0.15, -0.1) is 0 Å². The summed E-state index contributed by atoms with van der Waals surface area (Å²) in [5, 5.41) is 2.76. The van der Waals surface area contributed by atoms with Gasteiger partial charge in [0.15, 0.2) is 5.78 Å². The molecule has 1 rings (SSSR count). The van der Waals surface area contributed by atoms with Gasteiger partial charge in [-0.2, -0.15) is 0 Å². The van der Waals surface area contributed by atoms with Crippen LogP contribution in [0.1, 0.15) is 37.0 Å². The van der Waals surface area contributed by atoms with Crippen molar-refractivity contribution in [2.75, 3.05) is 5.32 Å². The molecular formula is C13H18N2O2. The predicted octanol–water partition coefficient (Wildman–Crippen LogP) is 1.96. The van der Waals surface area contributed by atoms with Gasteiger partial charge in [-0.05, 0) is 44.5 Å². The van der Waals surface area contributed by atoms with Crippen LogP contribution in [-0.2, 0) is 4.79 Å². The van der Waals surface area contributed by atoms with E-state index in [1.165, 1.54) is 6.92 Å². The maximum atomic E-state index is 11.5. The minimum Gasteiger partial charge on any atom is -0.328 e. The average molecular weight is 234 g/mol. The van der Waals surface area contributed by atoms with E-state index in [-0.39, 0.29) is 17.7 Å². The van der Waals surface area contributed by atoms with Crippen LogP contribution in [0.4, 0.5) is 5.69 Å². The summed E-state index contributed by atoms with van der Waals surface area (Å²) in [6.45, 7) is 3.38. The van der Waals surface area contributed by atoms with Crippen molar-refractivity contribution in [3.8, 4) is 0 Å². The highest BCUT2D eigenvalue weighted by Gasteiger charge is 2.04. The molecule has 1 atom stereocenters. The number of benzene rings is 1. The van der Waals surface area contributed by atoms with Crippen molar-refractivity contribution in [1.82, 2.24) is 0 Å². The number of ketones is 1. The Hall–Kier alpha value is -1.68. The Morgan fingerprint density at radius 3 is 2.35 bits per heavy atom. The molecule has 1 unspecified atom stereocenters. The van der Waals surface area contributed by atoms with Crippen LogP contribution in [0.25, 0.3) is 0 Å². The molecule has 0 saturated heterocycles. The zero-order valence-electron chi connectivity index (χ0n) is 10.2. The number of nitrogens with one attached hydrogen (secondary N) is 1. The molecule has 1 amide bonds. The van der Waals surface area contributed by atoms with Gasteiger partial charge in [0, 0.05) is 23.7 Å². The van der Waals surface area contributed by atoms with Crippen LogP contribution in [0.2, 0.25) is 0 Å². The summed E-state index contributed by atoms with van der Waals surface area (Å²) in [5.74, 6) is -0.0438. The van der Waals surface area contributed by atoms with Crippen molar-refractivity contribution in [2.45, 2.75) is 32.7 Å². The highest BCUT2D eigenvalue weighted by Crippen LogP contribution is 2.10. The number of anilines is 1. The molecule has 0 aliphatic heterocycles. The molecule has 4 heteroatoms. The summed E-state index contributed by atoms with van der Waals surface area (Å²) < 4.78 is 0. The Morgan fingerprint density at radius 2 is 1.88 bits per heavy atom. The van der Waals surface area contributed by atoms with Gasteiger partial charge >= 0.3 is 0 Å². The van der Waals surface area contributed by atoms with E-state index in [9.17, 15) is 9.59 Å². The molecule has 3 N–H and O–H groups in total. The van der Waals surface area contributed by atoms with Crippen LogP contribution in [0.3, 0.4) is 0 Å². The molecule has 0 spiro atoms. The molecule has 0 aliphatic rings. The number of hydrogen-bond acceptors (Lipinski definition) is 3. The Bertz CT molecular complexity index is 396. The third kappa shape index (κ3) is 4.78. The summed E-state index contributed by atoms with van der Waals surface area (Å²) in [5.41, 5.74) is 6.91. The summed E-state index contributed by atoms with van der Waals surface area (Å²) in [4.78, 5) is 22.6. The first-order chi connectivity index (χ1) is 7.99. The number of carbonyl (C=O) groups is 2. The van der Waals surface area contributed by atoms with Gasteiger partial charge in [0.1, 0.15) is 0 Å². The third-order valence-electron chi connectivity index (χ3n) is 2.40. The second-order valence-corrected chi connectivity index (χ2v) is 4.20. The van der Waals surface area contributed by atoms with Crippen molar-refractivity contribution in [3.05, 3.63) is 29.8 Å². The highest BCUT2D eigenvalue weighted by atomic mass is 16.1. The van der Waals surface area contributed by atoms with E-state index < -0.39 is 0 Å². The number of amides is 1. The molecule has 1 aromatic rings. The summed E-state index contributed by atoms with van der Waals surface area (Å²) in [6.07, 6.45) is 1.07. The van der Waals surface area contributed by atoms with E-state index in [0.29, 0.717) is 24.1 Å². The van der Waals surface area contributed by atoms with Crippen molar-refractivity contribution in [2.24, 2.45) is 5.73 Å². The third-order valence-corrected chi connectivity index (χ3v) is 2.40. The van der Waals surface area contributed by atoms with Crippen molar-refractivity contribution >= 4 is 17.4 Å². The molecule has 0 aromatic heterocycles. The van der Waals surface area contributed by atoms with Gasteiger partial charge in [-0.1, -0.05) is 0 Å². The van der Waals surface area contributed by atoms with Crippen molar-refractivity contribution < 1.29 is 9.59 Å². The van der Waals surface area contributed by atoms with Crippen LogP contribution in [-0.4, -0.2) is 17.7 Å². The molecule has 0 heterocycles. The molecule has 4 nitrogen and oxygen atoms in total. The smallest absolute Gasteiger partial charge is 0.224 e. The van der Waals surface area contributed by atoms with Crippen LogP contribution in [0, 0.1) is 0 Å². The van der Waals surface area contributed by atoms with Crippen LogP contribution < -0.4 is 11.1 Å². The second kappa shape index (κ2) is 6.15. The quantitative estimate of drug-likeness (QED) is 0.765. The Labute approximate surface area is 101 Å². The minimum absolute atomic E-state index is 0.0137.